The molecule has 0 aromatic rings. The van der Waals surface area contributed by atoms with E-state index in [1.54, 1.807) is 0 Å². The normalized spacial score (nSPS) is 35.2. The average Bonchev–Trinajstić information content (AvgIpc) is 3.32. The molecule has 0 spiro atoms. The molecular weight excluding hydrogens is 254 g/mol. The Morgan fingerprint density at radius 3 is 2.00 bits per heavy atom. The summed E-state index contributed by atoms with van der Waals surface area (Å²) in [6.07, 6.45) is 10.2. The molecule has 1 unspecified atom stereocenters. The summed E-state index contributed by atoms with van der Waals surface area (Å²) in [4.78, 5) is 2.17. The highest BCUT2D eigenvalue weighted by molar-refractivity contribution is 4.88. The van der Waals surface area contributed by atoms with Gasteiger partial charge < -0.3 is 15.3 Å². The second-order valence-corrected chi connectivity index (χ2v) is 6.73. The van der Waals surface area contributed by atoms with Gasteiger partial charge in [0.25, 0.3) is 0 Å². The lowest BCUT2D eigenvalue weighted by Gasteiger charge is -2.41. The summed E-state index contributed by atoms with van der Waals surface area (Å²) in [5, 5.41) is 28.7. The first-order valence-corrected chi connectivity index (χ1v) is 8.41. The molecule has 4 nitrogen and oxygen atoms in total. The van der Waals surface area contributed by atoms with E-state index >= 15 is 0 Å². The number of nitrogens with zero attached hydrogens (tertiary/aromatic N) is 1. The van der Waals surface area contributed by atoms with E-state index in [1.807, 2.05) is 0 Å². The van der Waals surface area contributed by atoms with Crippen molar-refractivity contribution in [1.29, 1.82) is 0 Å². The third-order valence-electron chi connectivity index (χ3n) is 4.68. The number of likely N-dealkylation sites (tertiary alicyclic amines) is 1. The van der Waals surface area contributed by atoms with Crippen LogP contribution < -0.4 is 0 Å². The van der Waals surface area contributed by atoms with Gasteiger partial charge in [0, 0.05) is 19.1 Å². The molecule has 1 heterocycles. The largest absolute Gasteiger partial charge is 0.395 e. The van der Waals surface area contributed by atoms with E-state index in [9.17, 15) is 15.3 Å². The van der Waals surface area contributed by atoms with Crippen LogP contribution in [-0.4, -0.2) is 58.2 Å². The molecule has 2 aliphatic carbocycles. The zero-order valence-electron chi connectivity index (χ0n) is 12.6. The van der Waals surface area contributed by atoms with Crippen LogP contribution >= 0.6 is 0 Å². The Bertz CT molecular complexity index is 264. The molecule has 3 N–H and O–H groups in total. The standard InChI is InChI=1S/C13H25NO3.C3H6/c15-9-11-6-12(16)13(17)8-14(11)7-10-4-2-1-3-5-10;1-2-3-1/h10-13,15-17H,1-9H2;1-3H2/t11-,12?,13+;/m1./s1. The van der Waals surface area contributed by atoms with Crippen LogP contribution in [0.5, 0.6) is 0 Å². The molecule has 3 fully saturated rings. The summed E-state index contributed by atoms with van der Waals surface area (Å²) in [6.45, 7) is 1.55. The van der Waals surface area contributed by atoms with Crippen molar-refractivity contribution in [3.05, 3.63) is 0 Å². The molecule has 1 aliphatic heterocycles. The Morgan fingerprint density at radius 2 is 1.45 bits per heavy atom. The molecule has 0 amide bonds. The summed E-state index contributed by atoms with van der Waals surface area (Å²) >= 11 is 0. The number of hydrogen-bond donors (Lipinski definition) is 3. The van der Waals surface area contributed by atoms with Crippen molar-refractivity contribution in [3.63, 3.8) is 0 Å². The fourth-order valence-corrected chi connectivity index (χ4v) is 3.21. The summed E-state index contributed by atoms with van der Waals surface area (Å²) in [5.74, 6) is 0.709. The van der Waals surface area contributed by atoms with Crippen molar-refractivity contribution in [2.45, 2.75) is 76.0 Å². The summed E-state index contributed by atoms with van der Waals surface area (Å²) in [7, 11) is 0. The number of piperidine rings is 1. The monoisotopic (exact) mass is 285 g/mol. The number of β-amino-alcohol motifs (C(OH)–C–C–N with tert-alkyl or cyclic N) is 1. The third-order valence-corrected chi connectivity index (χ3v) is 4.68. The number of hydrogen-bond acceptors (Lipinski definition) is 4. The first-order chi connectivity index (χ1) is 9.70. The van der Waals surface area contributed by atoms with Gasteiger partial charge in [-0.25, -0.2) is 0 Å². The Balaban J connectivity index is 0.000000432. The lowest BCUT2D eigenvalue weighted by atomic mass is 9.87. The quantitative estimate of drug-likeness (QED) is 0.736. The Hall–Kier alpha value is -0.160. The van der Waals surface area contributed by atoms with Crippen LogP contribution in [-0.2, 0) is 0 Å². The van der Waals surface area contributed by atoms with Crippen molar-refractivity contribution < 1.29 is 15.3 Å². The third kappa shape index (κ3) is 5.32. The zero-order chi connectivity index (χ0) is 14.4. The molecule has 1 saturated heterocycles. The highest BCUT2D eigenvalue weighted by Gasteiger charge is 2.34. The lowest BCUT2D eigenvalue weighted by Crippen LogP contribution is -2.54. The molecule has 0 aromatic carbocycles. The number of aliphatic hydroxyl groups excluding tert-OH is 3. The van der Waals surface area contributed by atoms with Crippen LogP contribution in [0.2, 0.25) is 0 Å². The van der Waals surface area contributed by atoms with Crippen molar-refractivity contribution >= 4 is 0 Å². The highest BCUT2D eigenvalue weighted by Crippen LogP contribution is 2.27. The van der Waals surface area contributed by atoms with E-state index in [0.29, 0.717) is 18.9 Å². The average molecular weight is 285 g/mol. The molecule has 20 heavy (non-hydrogen) atoms. The topological polar surface area (TPSA) is 63.9 Å². The molecule has 0 bridgehead atoms. The van der Waals surface area contributed by atoms with Gasteiger partial charge in [0.1, 0.15) is 0 Å². The van der Waals surface area contributed by atoms with Gasteiger partial charge in [-0.2, -0.15) is 0 Å². The van der Waals surface area contributed by atoms with Gasteiger partial charge in [-0.05, 0) is 25.2 Å². The first kappa shape index (κ1) is 16.2. The van der Waals surface area contributed by atoms with Crippen molar-refractivity contribution in [2.24, 2.45) is 5.92 Å². The van der Waals surface area contributed by atoms with Gasteiger partial charge in [-0.15, -0.1) is 0 Å². The molecule has 0 aromatic heterocycles. The minimum Gasteiger partial charge on any atom is -0.395 e. The Morgan fingerprint density at radius 1 is 0.850 bits per heavy atom. The Labute approximate surface area is 122 Å². The summed E-state index contributed by atoms with van der Waals surface area (Å²) in [5.41, 5.74) is 0. The smallest absolute Gasteiger partial charge is 0.0926 e. The van der Waals surface area contributed by atoms with E-state index in [1.165, 1.54) is 51.4 Å². The molecule has 3 rings (SSSR count). The van der Waals surface area contributed by atoms with Crippen molar-refractivity contribution in [3.8, 4) is 0 Å². The first-order valence-electron chi connectivity index (χ1n) is 8.41. The maximum absolute atomic E-state index is 9.72. The molecule has 2 saturated carbocycles. The maximum Gasteiger partial charge on any atom is 0.0926 e. The fraction of sp³-hybridized carbons (Fsp3) is 1.00. The van der Waals surface area contributed by atoms with Crippen LogP contribution in [0, 0.1) is 5.92 Å². The fourth-order valence-electron chi connectivity index (χ4n) is 3.21. The van der Waals surface area contributed by atoms with Crippen LogP contribution in [0.4, 0.5) is 0 Å². The van der Waals surface area contributed by atoms with Crippen LogP contribution in [0.1, 0.15) is 57.8 Å². The van der Waals surface area contributed by atoms with Crippen molar-refractivity contribution in [2.75, 3.05) is 19.7 Å². The second-order valence-electron chi connectivity index (χ2n) is 6.73. The number of rotatable bonds is 3. The highest BCUT2D eigenvalue weighted by atomic mass is 16.3. The summed E-state index contributed by atoms with van der Waals surface area (Å²) in [6, 6.07) is 0.0235. The second kappa shape index (κ2) is 8.32. The molecular formula is C16H31NO3. The van der Waals surface area contributed by atoms with Gasteiger partial charge >= 0.3 is 0 Å². The molecule has 4 heteroatoms. The predicted molar refractivity (Wildman–Crippen MR) is 79.5 cm³/mol. The van der Waals surface area contributed by atoms with E-state index in [4.69, 9.17) is 0 Å². The minimum atomic E-state index is -0.672. The lowest BCUT2D eigenvalue weighted by molar-refractivity contribution is -0.0756. The molecule has 3 aliphatic rings. The summed E-state index contributed by atoms with van der Waals surface area (Å²) < 4.78 is 0. The maximum atomic E-state index is 9.72. The van der Waals surface area contributed by atoms with Gasteiger partial charge in [0.05, 0.1) is 18.8 Å². The van der Waals surface area contributed by atoms with E-state index in [0.717, 1.165) is 6.54 Å². The zero-order valence-corrected chi connectivity index (χ0v) is 12.6. The van der Waals surface area contributed by atoms with E-state index in [-0.39, 0.29) is 12.6 Å². The van der Waals surface area contributed by atoms with Crippen molar-refractivity contribution in [1.82, 2.24) is 4.90 Å². The van der Waals surface area contributed by atoms with Gasteiger partial charge in [0.15, 0.2) is 0 Å². The van der Waals surface area contributed by atoms with Crippen LogP contribution in [0.3, 0.4) is 0 Å². The van der Waals surface area contributed by atoms with Gasteiger partial charge in [-0.3, -0.25) is 4.90 Å². The molecule has 3 atom stereocenters. The van der Waals surface area contributed by atoms with Crippen LogP contribution in [0.25, 0.3) is 0 Å². The van der Waals surface area contributed by atoms with E-state index < -0.39 is 12.2 Å². The molecule has 0 radical (unpaired) electrons. The predicted octanol–water partition coefficient (Wildman–Crippen LogP) is 1.53. The van der Waals surface area contributed by atoms with Gasteiger partial charge in [-0.1, -0.05) is 38.5 Å². The minimum absolute atomic E-state index is 0.0235. The van der Waals surface area contributed by atoms with Gasteiger partial charge in [0.2, 0.25) is 0 Å². The number of aliphatic hydroxyl groups is 3. The van der Waals surface area contributed by atoms with Crippen LogP contribution in [0.15, 0.2) is 0 Å². The SMILES string of the molecule is C1CC1.OC[C@H]1CC(O)[C@@H](O)CN1CC1CCCCC1. The van der Waals surface area contributed by atoms with E-state index in [2.05, 4.69) is 4.90 Å². The Kier molecular flexibility index (Phi) is 6.75. The molecule has 118 valence electrons.